The molecule has 0 amide bonds. The van der Waals surface area contributed by atoms with Crippen LogP contribution in [0.25, 0.3) is 10.9 Å². The number of epoxide rings is 1. The first-order chi connectivity index (χ1) is 11.3. The third-order valence-corrected chi connectivity index (χ3v) is 3.80. The number of rotatable bonds is 5. The molecule has 1 N–H and O–H groups in total. The van der Waals surface area contributed by atoms with Crippen molar-refractivity contribution in [3.63, 3.8) is 0 Å². The quantitative estimate of drug-likeness (QED) is 0.722. The molecule has 0 radical (unpaired) electrons. The second kappa shape index (κ2) is 5.89. The minimum absolute atomic E-state index is 0.262. The number of benzene rings is 2. The van der Waals surface area contributed by atoms with Gasteiger partial charge in [-0.2, -0.15) is 0 Å². The van der Waals surface area contributed by atoms with Gasteiger partial charge in [-0.05, 0) is 31.2 Å². The molecule has 0 spiro atoms. The maximum Gasteiger partial charge on any atom is 0.121 e. The molecular formula is C19H18N2O2. The molecule has 1 aliphatic rings. The van der Waals surface area contributed by atoms with E-state index in [-0.39, 0.29) is 6.10 Å². The number of hydrogen-bond acceptors (Lipinski definition) is 4. The van der Waals surface area contributed by atoms with Gasteiger partial charge in [-0.3, -0.25) is 4.98 Å². The second-order valence-electron chi connectivity index (χ2n) is 5.75. The molecule has 4 rings (SSSR count). The van der Waals surface area contributed by atoms with Crippen molar-refractivity contribution in [3.8, 4) is 5.75 Å². The van der Waals surface area contributed by atoms with Crippen molar-refractivity contribution < 1.29 is 9.47 Å². The van der Waals surface area contributed by atoms with Crippen molar-refractivity contribution in [2.45, 2.75) is 13.0 Å². The number of para-hydroxylation sites is 1. The topological polar surface area (TPSA) is 46.7 Å². The molecule has 0 unspecified atom stereocenters. The fourth-order valence-corrected chi connectivity index (χ4v) is 2.58. The van der Waals surface area contributed by atoms with Crippen LogP contribution in [-0.2, 0) is 4.74 Å². The van der Waals surface area contributed by atoms with Crippen molar-refractivity contribution in [2.75, 3.05) is 18.5 Å². The summed E-state index contributed by atoms with van der Waals surface area (Å²) in [6.45, 7) is 3.42. The molecule has 0 bridgehead atoms. The van der Waals surface area contributed by atoms with Gasteiger partial charge in [-0.15, -0.1) is 0 Å². The van der Waals surface area contributed by atoms with Gasteiger partial charge in [0.1, 0.15) is 18.5 Å². The highest BCUT2D eigenvalue weighted by Gasteiger charge is 2.23. The van der Waals surface area contributed by atoms with Crippen LogP contribution in [0.3, 0.4) is 0 Å². The maximum absolute atomic E-state index is 5.74. The molecule has 4 heteroatoms. The van der Waals surface area contributed by atoms with Gasteiger partial charge in [-0.25, -0.2) is 0 Å². The Morgan fingerprint density at radius 3 is 2.91 bits per heavy atom. The van der Waals surface area contributed by atoms with Gasteiger partial charge < -0.3 is 14.8 Å². The minimum atomic E-state index is 0.262. The average molecular weight is 306 g/mol. The highest BCUT2D eigenvalue weighted by atomic mass is 16.6. The third-order valence-electron chi connectivity index (χ3n) is 3.80. The van der Waals surface area contributed by atoms with E-state index in [4.69, 9.17) is 9.47 Å². The summed E-state index contributed by atoms with van der Waals surface area (Å²) in [4.78, 5) is 4.57. The summed E-state index contributed by atoms with van der Waals surface area (Å²) in [5.41, 5.74) is 4.03. The van der Waals surface area contributed by atoms with Gasteiger partial charge in [0.2, 0.25) is 0 Å². The Morgan fingerprint density at radius 1 is 1.17 bits per heavy atom. The van der Waals surface area contributed by atoms with Gasteiger partial charge in [-0.1, -0.05) is 24.3 Å². The Bertz CT molecular complexity index is 844. The lowest BCUT2D eigenvalue weighted by molar-refractivity contribution is 0.263. The third kappa shape index (κ3) is 3.27. The fourth-order valence-electron chi connectivity index (χ4n) is 2.58. The Hall–Kier alpha value is -2.59. The van der Waals surface area contributed by atoms with Crippen molar-refractivity contribution in [1.29, 1.82) is 0 Å². The highest BCUT2D eigenvalue weighted by Crippen LogP contribution is 2.28. The number of pyridine rings is 1. The Morgan fingerprint density at radius 2 is 2.04 bits per heavy atom. The van der Waals surface area contributed by atoms with E-state index in [1.807, 2.05) is 49.4 Å². The lowest BCUT2D eigenvalue weighted by Gasteiger charge is -2.12. The lowest BCUT2D eigenvalue weighted by atomic mass is 10.1. The molecule has 1 aliphatic heterocycles. The predicted molar refractivity (Wildman–Crippen MR) is 91.4 cm³/mol. The molecule has 0 aliphatic carbocycles. The number of aryl methyl sites for hydroxylation is 1. The summed E-state index contributed by atoms with van der Waals surface area (Å²) in [5, 5.41) is 4.59. The van der Waals surface area contributed by atoms with Gasteiger partial charge in [0.15, 0.2) is 0 Å². The molecule has 1 atom stereocenters. The predicted octanol–water partition coefficient (Wildman–Crippen LogP) is 4.06. The van der Waals surface area contributed by atoms with Crippen molar-refractivity contribution >= 4 is 22.3 Å². The summed E-state index contributed by atoms with van der Waals surface area (Å²) in [6, 6.07) is 18.2. The van der Waals surface area contributed by atoms with E-state index in [1.165, 1.54) is 0 Å². The summed E-state index contributed by atoms with van der Waals surface area (Å²) in [7, 11) is 0. The molecule has 2 heterocycles. The van der Waals surface area contributed by atoms with E-state index in [1.54, 1.807) is 0 Å². The normalized spacial score (nSPS) is 16.3. The number of nitrogens with zero attached hydrogens (tertiary/aromatic N) is 1. The van der Waals surface area contributed by atoms with Crippen LogP contribution in [0.2, 0.25) is 0 Å². The van der Waals surface area contributed by atoms with E-state index in [0.29, 0.717) is 6.61 Å². The van der Waals surface area contributed by atoms with Crippen LogP contribution in [0.5, 0.6) is 5.75 Å². The number of nitrogens with one attached hydrogen (secondary N) is 1. The fraction of sp³-hybridized carbons (Fsp3) is 0.211. The van der Waals surface area contributed by atoms with Crippen molar-refractivity contribution in [1.82, 2.24) is 4.98 Å². The Labute approximate surface area is 135 Å². The number of aromatic nitrogens is 1. The summed E-state index contributed by atoms with van der Waals surface area (Å²) in [6.07, 6.45) is 0.262. The number of hydrogen-bond donors (Lipinski definition) is 1. The lowest BCUT2D eigenvalue weighted by Crippen LogP contribution is -2.04. The van der Waals surface area contributed by atoms with E-state index in [0.717, 1.165) is 40.3 Å². The standard InChI is InChI=1S/C19H18N2O2/c1-13-9-19(17-7-2-3-8-18(17)20-13)21-14-5-4-6-15(10-14)22-11-16-12-23-16/h2-10,16H,11-12H2,1H3,(H,20,21)/t16-/m1/s1. The highest BCUT2D eigenvalue weighted by molar-refractivity contribution is 5.93. The molecule has 0 saturated carbocycles. The molecule has 116 valence electrons. The van der Waals surface area contributed by atoms with Crippen LogP contribution >= 0.6 is 0 Å². The second-order valence-corrected chi connectivity index (χ2v) is 5.75. The van der Waals surface area contributed by atoms with Crippen molar-refractivity contribution in [3.05, 3.63) is 60.3 Å². The summed E-state index contributed by atoms with van der Waals surface area (Å²) < 4.78 is 10.9. The van der Waals surface area contributed by atoms with Crippen LogP contribution in [-0.4, -0.2) is 24.3 Å². The minimum Gasteiger partial charge on any atom is -0.491 e. The van der Waals surface area contributed by atoms with E-state index < -0.39 is 0 Å². The molecule has 2 aromatic carbocycles. The van der Waals surface area contributed by atoms with Crippen LogP contribution < -0.4 is 10.1 Å². The van der Waals surface area contributed by atoms with E-state index in [9.17, 15) is 0 Å². The van der Waals surface area contributed by atoms with Gasteiger partial charge in [0, 0.05) is 28.5 Å². The first kappa shape index (κ1) is 14.0. The summed E-state index contributed by atoms with van der Waals surface area (Å²) in [5.74, 6) is 0.848. The van der Waals surface area contributed by atoms with E-state index in [2.05, 4.69) is 22.4 Å². The van der Waals surface area contributed by atoms with Crippen molar-refractivity contribution in [2.24, 2.45) is 0 Å². The zero-order valence-corrected chi connectivity index (χ0v) is 13.0. The largest absolute Gasteiger partial charge is 0.491 e. The maximum atomic E-state index is 5.74. The Kier molecular flexibility index (Phi) is 3.60. The SMILES string of the molecule is Cc1cc(Nc2cccc(OC[C@@H]3CO3)c2)c2ccccc2n1. The van der Waals surface area contributed by atoms with Crippen LogP contribution in [0, 0.1) is 6.92 Å². The molecule has 1 fully saturated rings. The number of ether oxygens (including phenoxy) is 2. The molecule has 23 heavy (non-hydrogen) atoms. The molecule has 1 saturated heterocycles. The van der Waals surface area contributed by atoms with Crippen LogP contribution in [0.1, 0.15) is 5.69 Å². The first-order valence-corrected chi connectivity index (χ1v) is 7.76. The molecule has 1 aromatic heterocycles. The van der Waals surface area contributed by atoms with Gasteiger partial charge >= 0.3 is 0 Å². The molecule has 3 aromatic rings. The average Bonchev–Trinajstić information content (AvgIpc) is 3.37. The first-order valence-electron chi connectivity index (χ1n) is 7.76. The molecule has 4 nitrogen and oxygen atoms in total. The van der Waals surface area contributed by atoms with Crippen LogP contribution in [0.15, 0.2) is 54.6 Å². The van der Waals surface area contributed by atoms with E-state index >= 15 is 0 Å². The monoisotopic (exact) mass is 306 g/mol. The van der Waals surface area contributed by atoms with Gasteiger partial charge in [0.25, 0.3) is 0 Å². The molecular weight excluding hydrogens is 288 g/mol. The van der Waals surface area contributed by atoms with Crippen LogP contribution in [0.4, 0.5) is 11.4 Å². The zero-order chi connectivity index (χ0) is 15.6. The number of anilines is 2. The number of fused-ring (bicyclic) bond motifs is 1. The summed E-state index contributed by atoms with van der Waals surface area (Å²) >= 11 is 0. The zero-order valence-electron chi connectivity index (χ0n) is 13.0. The smallest absolute Gasteiger partial charge is 0.121 e. The van der Waals surface area contributed by atoms with Gasteiger partial charge in [0.05, 0.1) is 12.1 Å². The Balaban J connectivity index is 1.61.